The van der Waals surface area contributed by atoms with Crippen molar-refractivity contribution < 1.29 is 14.3 Å². The number of carbonyl (C=O) groups is 2. The van der Waals surface area contributed by atoms with Crippen molar-refractivity contribution in [1.29, 1.82) is 0 Å². The molecule has 134 valence electrons. The average Bonchev–Trinajstić information content (AvgIpc) is 3.12. The van der Waals surface area contributed by atoms with Gasteiger partial charge >= 0.3 is 5.97 Å². The maximum absolute atomic E-state index is 12.5. The summed E-state index contributed by atoms with van der Waals surface area (Å²) >= 11 is 0. The Balaban J connectivity index is 1.62. The molecule has 3 aromatic rings. The number of hydrogen-bond donors (Lipinski definition) is 0. The fraction of sp³-hybridized carbons (Fsp3) is 0.263. The van der Waals surface area contributed by atoms with E-state index in [1.165, 1.54) is 6.33 Å². The molecule has 0 saturated heterocycles. The molecule has 2 heterocycles. The molecule has 0 saturated carbocycles. The molecule has 26 heavy (non-hydrogen) atoms. The van der Waals surface area contributed by atoms with Gasteiger partial charge in [-0.15, -0.1) is 10.2 Å². The second kappa shape index (κ2) is 7.77. The number of rotatable bonds is 6. The molecule has 0 atom stereocenters. The summed E-state index contributed by atoms with van der Waals surface area (Å²) in [4.78, 5) is 26.4. The highest BCUT2D eigenvalue weighted by atomic mass is 16.5. The third-order valence-electron chi connectivity index (χ3n) is 3.99. The normalized spacial score (nSPS) is 10.9. The van der Waals surface area contributed by atoms with E-state index in [9.17, 15) is 9.59 Å². The molecule has 0 unspecified atom stereocenters. The molecule has 7 nitrogen and oxygen atoms in total. The third-order valence-corrected chi connectivity index (χ3v) is 3.99. The van der Waals surface area contributed by atoms with Crippen LogP contribution >= 0.6 is 0 Å². The van der Waals surface area contributed by atoms with E-state index in [-0.39, 0.29) is 18.6 Å². The van der Waals surface area contributed by atoms with Gasteiger partial charge in [-0.1, -0.05) is 30.3 Å². The molecule has 7 heteroatoms. The van der Waals surface area contributed by atoms with Crippen molar-refractivity contribution >= 4 is 17.5 Å². The Morgan fingerprint density at radius 3 is 2.65 bits per heavy atom. The molecule has 0 spiro atoms. The van der Waals surface area contributed by atoms with Crippen LogP contribution in [0.5, 0.6) is 0 Å². The predicted octanol–water partition coefficient (Wildman–Crippen LogP) is 2.32. The number of carbonyl (C=O) groups excluding carboxylic acids is 2. The highest BCUT2D eigenvalue weighted by molar-refractivity contribution is 5.91. The molecule has 1 amide bonds. The Kier molecular flexibility index (Phi) is 5.26. The van der Waals surface area contributed by atoms with Crippen molar-refractivity contribution in [3.8, 4) is 0 Å². The first kappa shape index (κ1) is 17.6. The number of esters is 1. The molecule has 0 aliphatic carbocycles. The number of amides is 1. The summed E-state index contributed by atoms with van der Waals surface area (Å²) in [6, 6.07) is 13.0. The molecule has 0 bridgehead atoms. The number of hydrogen-bond acceptors (Lipinski definition) is 5. The molecule has 0 aliphatic rings. The van der Waals surface area contributed by atoms with E-state index in [0.29, 0.717) is 17.8 Å². The van der Waals surface area contributed by atoms with E-state index in [2.05, 4.69) is 10.2 Å². The Hall–Kier alpha value is -3.22. The van der Waals surface area contributed by atoms with Crippen molar-refractivity contribution in [2.45, 2.75) is 26.4 Å². The Morgan fingerprint density at radius 2 is 1.92 bits per heavy atom. The van der Waals surface area contributed by atoms with Crippen LogP contribution in [-0.2, 0) is 16.1 Å². The van der Waals surface area contributed by atoms with Gasteiger partial charge in [-0.2, -0.15) is 0 Å². The summed E-state index contributed by atoms with van der Waals surface area (Å²) < 4.78 is 6.82. The lowest BCUT2D eigenvalue weighted by atomic mass is 10.2. The van der Waals surface area contributed by atoms with Gasteiger partial charge in [-0.05, 0) is 31.5 Å². The van der Waals surface area contributed by atoms with Gasteiger partial charge in [-0.25, -0.2) is 4.79 Å². The van der Waals surface area contributed by atoms with Crippen LogP contribution in [0.25, 0.3) is 5.65 Å². The van der Waals surface area contributed by atoms with E-state index >= 15 is 0 Å². The molecular weight excluding hydrogens is 332 g/mol. The van der Waals surface area contributed by atoms with E-state index in [4.69, 9.17) is 4.74 Å². The molecule has 0 aliphatic heterocycles. The highest BCUT2D eigenvalue weighted by Gasteiger charge is 2.19. The van der Waals surface area contributed by atoms with Crippen LogP contribution in [0.2, 0.25) is 0 Å². The van der Waals surface area contributed by atoms with Gasteiger partial charge in [0.2, 0.25) is 0 Å². The van der Waals surface area contributed by atoms with Crippen LogP contribution < -0.4 is 0 Å². The smallest absolute Gasteiger partial charge is 0.340 e. The lowest BCUT2D eigenvalue weighted by Gasteiger charge is -2.26. The summed E-state index contributed by atoms with van der Waals surface area (Å²) in [5, 5.41) is 7.63. The van der Waals surface area contributed by atoms with Crippen molar-refractivity contribution in [2.75, 3.05) is 6.61 Å². The van der Waals surface area contributed by atoms with Gasteiger partial charge < -0.3 is 9.64 Å². The lowest BCUT2D eigenvalue weighted by molar-refractivity contribution is -0.136. The quantitative estimate of drug-likeness (QED) is 0.636. The molecule has 1 aromatic carbocycles. The van der Waals surface area contributed by atoms with Crippen LogP contribution in [0, 0.1) is 0 Å². The fourth-order valence-electron chi connectivity index (χ4n) is 2.58. The number of fused-ring (bicyclic) bond motifs is 1. The van der Waals surface area contributed by atoms with Crippen LogP contribution in [0.1, 0.15) is 29.8 Å². The maximum Gasteiger partial charge on any atom is 0.340 e. The zero-order valence-corrected chi connectivity index (χ0v) is 14.7. The molecule has 0 radical (unpaired) electrons. The first-order chi connectivity index (χ1) is 12.5. The summed E-state index contributed by atoms with van der Waals surface area (Å²) in [5.74, 6) is -0.792. The lowest BCUT2D eigenvalue weighted by Crippen LogP contribution is -2.39. The van der Waals surface area contributed by atoms with Crippen molar-refractivity contribution in [3.63, 3.8) is 0 Å². The van der Waals surface area contributed by atoms with Crippen LogP contribution in [0.15, 0.2) is 55.0 Å². The van der Waals surface area contributed by atoms with Crippen LogP contribution in [0.4, 0.5) is 0 Å². The van der Waals surface area contributed by atoms with Crippen LogP contribution in [0.3, 0.4) is 0 Å². The van der Waals surface area contributed by atoms with E-state index in [1.54, 1.807) is 27.6 Å². The van der Waals surface area contributed by atoms with E-state index in [0.717, 1.165) is 5.56 Å². The van der Waals surface area contributed by atoms with Crippen molar-refractivity contribution in [2.24, 2.45) is 0 Å². The van der Waals surface area contributed by atoms with Gasteiger partial charge in [0.25, 0.3) is 5.91 Å². The Bertz CT molecular complexity index is 905. The molecular formula is C19H20N4O3. The summed E-state index contributed by atoms with van der Waals surface area (Å²) in [6.45, 7) is 4.04. The maximum atomic E-state index is 12.5. The fourth-order valence-corrected chi connectivity index (χ4v) is 2.58. The van der Waals surface area contributed by atoms with Gasteiger partial charge in [0.1, 0.15) is 6.33 Å². The monoisotopic (exact) mass is 352 g/mol. The first-order valence-corrected chi connectivity index (χ1v) is 8.34. The molecule has 3 rings (SSSR count). The number of benzene rings is 1. The second-order valence-electron chi connectivity index (χ2n) is 6.19. The number of aromatic nitrogens is 3. The number of nitrogens with zero attached hydrogens (tertiary/aromatic N) is 4. The van der Waals surface area contributed by atoms with Gasteiger partial charge in [0, 0.05) is 18.8 Å². The molecule has 0 fully saturated rings. The molecule has 2 aromatic heterocycles. The second-order valence-corrected chi connectivity index (χ2v) is 6.19. The van der Waals surface area contributed by atoms with Crippen LogP contribution in [-0.4, -0.2) is 44.0 Å². The summed E-state index contributed by atoms with van der Waals surface area (Å²) in [7, 11) is 0. The summed E-state index contributed by atoms with van der Waals surface area (Å²) in [5.41, 5.74) is 2.00. The standard InChI is InChI=1S/C19H20N4O3/c1-14(2)23(10-15-6-4-3-5-7-15)18(24)12-26-19(25)16-8-9-17-21-20-13-22(17)11-16/h3-9,11,13-14H,10,12H2,1-2H3. The SMILES string of the molecule is CC(C)N(Cc1ccccc1)C(=O)COC(=O)c1ccc2nncn2c1. The number of pyridine rings is 1. The average molecular weight is 352 g/mol. The minimum Gasteiger partial charge on any atom is -0.452 e. The molecule has 0 N–H and O–H groups in total. The van der Waals surface area contributed by atoms with E-state index in [1.807, 2.05) is 44.2 Å². The van der Waals surface area contributed by atoms with Crippen molar-refractivity contribution in [3.05, 3.63) is 66.1 Å². The van der Waals surface area contributed by atoms with Gasteiger partial charge in [0.05, 0.1) is 5.56 Å². The minimum atomic E-state index is -0.558. The topological polar surface area (TPSA) is 76.8 Å². The zero-order valence-electron chi connectivity index (χ0n) is 14.7. The first-order valence-electron chi connectivity index (χ1n) is 8.34. The van der Waals surface area contributed by atoms with Gasteiger partial charge in [0.15, 0.2) is 12.3 Å². The highest BCUT2D eigenvalue weighted by Crippen LogP contribution is 2.10. The zero-order chi connectivity index (χ0) is 18.5. The van der Waals surface area contributed by atoms with Gasteiger partial charge in [-0.3, -0.25) is 9.20 Å². The minimum absolute atomic E-state index is 0.00483. The van der Waals surface area contributed by atoms with Crippen molar-refractivity contribution in [1.82, 2.24) is 19.5 Å². The predicted molar refractivity (Wildman–Crippen MR) is 95.4 cm³/mol. The largest absolute Gasteiger partial charge is 0.452 e. The Morgan fingerprint density at radius 1 is 1.15 bits per heavy atom. The number of ether oxygens (including phenoxy) is 1. The Labute approximate surface area is 151 Å². The third kappa shape index (κ3) is 4.05. The van der Waals surface area contributed by atoms with E-state index < -0.39 is 5.97 Å². The summed E-state index contributed by atoms with van der Waals surface area (Å²) in [6.07, 6.45) is 3.07.